The lowest BCUT2D eigenvalue weighted by molar-refractivity contribution is 0.0945. The summed E-state index contributed by atoms with van der Waals surface area (Å²) in [7, 11) is 3.16. The van der Waals surface area contributed by atoms with Gasteiger partial charge in [0.2, 0.25) is 0 Å². The number of hydrogen-bond donors (Lipinski definition) is 2. The number of aryl methyl sites for hydroxylation is 1. The van der Waals surface area contributed by atoms with Gasteiger partial charge in [0.25, 0.3) is 5.91 Å². The SMILES string of the molecule is COc1ccc(Nc2cnc(C(=O)NCc3ccccc3C)cn2)cc1OC. The van der Waals surface area contributed by atoms with Gasteiger partial charge >= 0.3 is 0 Å². The summed E-state index contributed by atoms with van der Waals surface area (Å²) in [6.45, 7) is 2.45. The Bertz CT molecular complexity index is 958. The fourth-order valence-electron chi connectivity index (χ4n) is 2.65. The molecule has 3 aromatic rings. The number of rotatable bonds is 7. The number of carbonyl (C=O) groups excluding carboxylic acids is 1. The first-order chi connectivity index (χ1) is 13.6. The van der Waals surface area contributed by atoms with Gasteiger partial charge in [-0.25, -0.2) is 9.97 Å². The molecule has 0 radical (unpaired) electrons. The van der Waals surface area contributed by atoms with E-state index in [0.29, 0.717) is 23.9 Å². The van der Waals surface area contributed by atoms with Gasteiger partial charge in [0.1, 0.15) is 11.5 Å². The summed E-state index contributed by atoms with van der Waals surface area (Å²) in [6.07, 6.45) is 2.95. The van der Waals surface area contributed by atoms with Crippen LogP contribution in [0.4, 0.5) is 11.5 Å². The van der Waals surface area contributed by atoms with Crippen LogP contribution in [0.3, 0.4) is 0 Å². The average molecular weight is 378 g/mol. The van der Waals surface area contributed by atoms with Gasteiger partial charge in [0, 0.05) is 18.3 Å². The Balaban J connectivity index is 1.63. The van der Waals surface area contributed by atoms with Crippen LogP contribution in [0, 0.1) is 6.92 Å². The smallest absolute Gasteiger partial charge is 0.271 e. The summed E-state index contributed by atoms with van der Waals surface area (Å²) >= 11 is 0. The molecule has 1 amide bonds. The number of hydrogen-bond acceptors (Lipinski definition) is 6. The quantitative estimate of drug-likeness (QED) is 0.655. The third kappa shape index (κ3) is 4.56. The van der Waals surface area contributed by atoms with Crippen LogP contribution in [0.25, 0.3) is 0 Å². The number of nitrogens with one attached hydrogen (secondary N) is 2. The maximum Gasteiger partial charge on any atom is 0.271 e. The predicted molar refractivity (Wildman–Crippen MR) is 107 cm³/mol. The molecule has 0 atom stereocenters. The maximum absolute atomic E-state index is 12.3. The lowest BCUT2D eigenvalue weighted by Gasteiger charge is -2.11. The number of aromatic nitrogens is 2. The molecule has 1 aromatic heterocycles. The second-order valence-electron chi connectivity index (χ2n) is 6.09. The molecule has 28 heavy (non-hydrogen) atoms. The van der Waals surface area contributed by atoms with Gasteiger partial charge in [-0.05, 0) is 30.2 Å². The van der Waals surface area contributed by atoms with Crippen molar-refractivity contribution in [2.45, 2.75) is 13.5 Å². The minimum Gasteiger partial charge on any atom is -0.493 e. The van der Waals surface area contributed by atoms with Crippen LogP contribution in [0.15, 0.2) is 54.9 Å². The second-order valence-corrected chi connectivity index (χ2v) is 6.09. The van der Waals surface area contributed by atoms with Crippen molar-refractivity contribution in [3.63, 3.8) is 0 Å². The zero-order chi connectivity index (χ0) is 19.9. The van der Waals surface area contributed by atoms with Gasteiger partial charge in [-0.1, -0.05) is 24.3 Å². The Morgan fingerprint density at radius 3 is 2.46 bits per heavy atom. The fraction of sp³-hybridized carbons (Fsp3) is 0.190. The molecule has 0 spiro atoms. The highest BCUT2D eigenvalue weighted by Crippen LogP contribution is 2.30. The molecule has 1 heterocycles. The van der Waals surface area contributed by atoms with Crippen LogP contribution in [0.1, 0.15) is 21.6 Å². The summed E-state index contributed by atoms with van der Waals surface area (Å²) in [5, 5.41) is 5.98. The molecular formula is C21H22N4O3. The minimum atomic E-state index is -0.270. The van der Waals surface area contributed by atoms with Crippen LogP contribution in [0.5, 0.6) is 11.5 Å². The van der Waals surface area contributed by atoms with Crippen molar-refractivity contribution in [1.29, 1.82) is 0 Å². The molecule has 0 aliphatic heterocycles. The van der Waals surface area contributed by atoms with E-state index in [1.165, 1.54) is 12.4 Å². The lowest BCUT2D eigenvalue weighted by Crippen LogP contribution is -2.24. The van der Waals surface area contributed by atoms with Crippen molar-refractivity contribution in [3.05, 3.63) is 71.7 Å². The van der Waals surface area contributed by atoms with E-state index in [-0.39, 0.29) is 11.6 Å². The molecule has 7 nitrogen and oxygen atoms in total. The van der Waals surface area contributed by atoms with Crippen LogP contribution in [-0.2, 0) is 6.54 Å². The van der Waals surface area contributed by atoms with Crippen molar-refractivity contribution in [1.82, 2.24) is 15.3 Å². The summed E-state index contributed by atoms with van der Waals surface area (Å²) < 4.78 is 10.5. The number of anilines is 2. The van der Waals surface area contributed by atoms with E-state index < -0.39 is 0 Å². The van der Waals surface area contributed by atoms with E-state index in [4.69, 9.17) is 9.47 Å². The van der Waals surface area contributed by atoms with Crippen LogP contribution in [0.2, 0.25) is 0 Å². The number of ether oxygens (including phenoxy) is 2. The van der Waals surface area contributed by atoms with Gasteiger partial charge in [0.05, 0.1) is 26.6 Å². The molecule has 0 bridgehead atoms. The normalized spacial score (nSPS) is 10.2. The first-order valence-corrected chi connectivity index (χ1v) is 8.74. The van der Waals surface area contributed by atoms with Crippen molar-refractivity contribution in [3.8, 4) is 11.5 Å². The minimum absolute atomic E-state index is 0.256. The lowest BCUT2D eigenvalue weighted by atomic mass is 10.1. The number of amides is 1. The Labute approximate surface area is 163 Å². The zero-order valence-electron chi connectivity index (χ0n) is 16.0. The molecule has 0 fully saturated rings. The first-order valence-electron chi connectivity index (χ1n) is 8.74. The third-order valence-electron chi connectivity index (χ3n) is 4.24. The molecule has 2 aromatic carbocycles. The van der Waals surface area contributed by atoms with Gasteiger partial charge in [-0.15, -0.1) is 0 Å². The molecule has 7 heteroatoms. The predicted octanol–water partition coefficient (Wildman–Crippen LogP) is 3.48. The molecule has 3 rings (SSSR count). The number of carbonyl (C=O) groups is 1. The Morgan fingerprint density at radius 1 is 1.00 bits per heavy atom. The van der Waals surface area contributed by atoms with Gasteiger partial charge in [-0.2, -0.15) is 0 Å². The van der Waals surface area contributed by atoms with Crippen LogP contribution in [-0.4, -0.2) is 30.1 Å². The number of benzene rings is 2. The standard InChI is InChI=1S/C21H22N4O3/c1-14-6-4-5-7-15(14)11-24-21(26)17-12-23-20(13-22-17)25-16-8-9-18(27-2)19(10-16)28-3/h4-10,12-13H,11H2,1-3H3,(H,23,25)(H,24,26). The summed E-state index contributed by atoms with van der Waals surface area (Å²) in [6, 6.07) is 13.3. The van der Waals surface area contributed by atoms with Gasteiger partial charge in [-0.3, -0.25) is 4.79 Å². The topological polar surface area (TPSA) is 85.4 Å². The molecule has 0 saturated heterocycles. The molecule has 0 aliphatic carbocycles. The van der Waals surface area contributed by atoms with Crippen molar-refractivity contribution < 1.29 is 14.3 Å². The summed E-state index contributed by atoms with van der Waals surface area (Å²) in [5.74, 6) is 1.49. The Morgan fingerprint density at radius 2 is 1.79 bits per heavy atom. The average Bonchev–Trinajstić information content (AvgIpc) is 2.73. The second kappa shape index (κ2) is 8.85. The Kier molecular flexibility index (Phi) is 6.06. The number of nitrogens with zero attached hydrogens (tertiary/aromatic N) is 2. The molecule has 0 unspecified atom stereocenters. The van der Waals surface area contributed by atoms with E-state index in [9.17, 15) is 4.79 Å². The molecule has 0 aliphatic rings. The molecule has 0 saturated carbocycles. The largest absolute Gasteiger partial charge is 0.493 e. The van der Waals surface area contributed by atoms with Crippen LogP contribution < -0.4 is 20.1 Å². The van der Waals surface area contributed by atoms with E-state index in [2.05, 4.69) is 20.6 Å². The van der Waals surface area contributed by atoms with Crippen molar-refractivity contribution >= 4 is 17.4 Å². The first kappa shape index (κ1) is 19.2. The zero-order valence-corrected chi connectivity index (χ0v) is 16.0. The van der Waals surface area contributed by atoms with Gasteiger partial charge < -0.3 is 20.1 Å². The summed E-state index contributed by atoms with van der Waals surface area (Å²) in [4.78, 5) is 20.7. The highest BCUT2D eigenvalue weighted by Gasteiger charge is 2.09. The molecule has 2 N–H and O–H groups in total. The van der Waals surface area contributed by atoms with E-state index in [0.717, 1.165) is 16.8 Å². The highest BCUT2D eigenvalue weighted by atomic mass is 16.5. The van der Waals surface area contributed by atoms with Crippen molar-refractivity contribution in [2.24, 2.45) is 0 Å². The van der Waals surface area contributed by atoms with E-state index in [1.807, 2.05) is 37.3 Å². The van der Waals surface area contributed by atoms with Gasteiger partial charge in [0.15, 0.2) is 11.5 Å². The number of methoxy groups -OCH3 is 2. The fourth-order valence-corrected chi connectivity index (χ4v) is 2.65. The van der Waals surface area contributed by atoms with Crippen LogP contribution >= 0.6 is 0 Å². The maximum atomic E-state index is 12.3. The molecular weight excluding hydrogens is 356 g/mol. The monoisotopic (exact) mass is 378 g/mol. The highest BCUT2D eigenvalue weighted by molar-refractivity contribution is 5.92. The summed E-state index contributed by atoms with van der Waals surface area (Å²) in [5.41, 5.74) is 3.22. The van der Waals surface area contributed by atoms with E-state index >= 15 is 0 Å². The van der Waals surface area contributed by atoms with Crippen molar-refractivity contribution in [2.75, 3.05) is 19.5 Å². The molecule has 144 valence electrons. The van der Waals surface area contributed by atoms with E-state index in [1.54, 1.807) is 26.4 Å². The third-order valence-corrected chi connectivity index (χ3v) is 4.24. The Hall–Kier alpha value is -3.61.